The molecule has 3 aromatic carbocycles. The molecule has 0 aliphatic carbocycles. The summed E-state index contributed by atoms with van der Waals surface area (Å²) in [5, 5.41) is 0. The van der Waals surface area contributed by atoms with Gasteiger partial charge in [-0.15, -0.1) is 0 Å². The number of rotatable bonds is 9. The molecule has 0 bridgehead atoms. The zero-order chi connectivity index (χ0) is 21.6. The van der Waals surface area contributed by atoms with Gasteiger partial charge in [-0.1, -0.05) is 42.0 Å². The van der Waals surface area contributed by atoms with E-state index in [1.807, 2.05) is 56.3 Å². The predicted molar refractivity (Wildman–Crippen MR) is 123 cm³/mol. The minimum absolute atomic E-state index is 0.279. The van der Waals surface area contributed by atoms with E-state index in [2.05, 4.69) is 36.2 Å². The number of imidazole rings is 1. The number of aromatic nitrogens is 2. The SMILES string of the molecule is CCOc1ccc2[nH]c(C(OCC)c3ccc(OCc4ccc(C)cc4)cc3)nc2c1. The summed E-state index contributed by atoms with van der Waals surface area (Å²) in [7, 11) is 0. The largest absolute Gasteiger partial charge is 0.494 e. The van der Waals surface area contributed by atoms with E-state index in [1.54, 1.807) is 0 Å². The van der Waals surface area contributed by atoms with Crippen LogP contribution >= 0.6 is 0 Å². The fraction of sp³-hybridized carbons (Fsp3) is 0.269. The Hall–Kier alpha value is -3.31. The van der Waals surface area contributed by atoms with Crippen LogP contribution in [0.1, 0.15) is 42.5 Å². The van der Waals surface area contributed by atoms with E-state index in [0.717, 1.165) is 39.5 Å². The number of hydrogen-bond acceptors (Lipinski definition) is 4. The Labute approximate surface area is 183 Å². The van der Waals surface area contributed by atoms with Crippen LogP contribution in [0.25, 0.3) is 11.0 Å². The van der Waals surface area contributed by atoms with Crippen LogP contribution in [0.3, 0.4) is 0 Å². The minimum Gasteiger partial charge on any atom is -0.494 e. The molecule has 0 spiro atoms. The Balaban J connectivity index is 1.51. The number of nitrogens with zero attached hydrogens (tertiary/aromatic N) is 1. The van der Waals surface area contributed by atoms with E-state index in [0.29, 0.717) is 19.8 Å². The van der Waals surface area contributed by atoms with Gasteiger partial charge < -0.3 is 19.2 Å². The minimum atomic E-state index is -0.279. The van der Waals surface area contributed by atoms with Crippen molar-refractivity contribution in [2.75, 3.05) is 13.2 Å². The number of ether oxygens (including phenoxy) is 3. The van der Waals surface area contributed by atoms with Crippen molar-refractivity contribution in [1.29, 1.82) is 0 Å². The molecule has 160 valence electrons. The predicted octanol–water partition coefficient (Wildman–Crippen LogP) is 5.97. The Morgan fingerprint density at radius 2 is 1.58 bits per heavy atom. The second-order valence-corrected chi connectivity index (χ2v) is 7.41. The zero-order valence-electron chi connectivity index (χ0n) is 18.2. The summed E-state index contributed by atoms with van der Waals surface area (Å²) in [6.45, 7) is 7.79. The number of fused-ring (bicyclic) bond motifs is 1. The van der Waals surface area contributed by atoms with E-state index in [9.17, 15) is 0 Å². The average Bonchev–Trinajstić information content (AvgIpc) is 3.21. The second kappa shape index (κ2) is 9.67. The Morgan fingerprint density at radius 1 is 0.839 bits per heavy atom. The summed E-state index contributed by atoms with van der Waals surface area (Å²) in [5.74, 6) is 2.42. The molecule has 31 heavy (non-hydrogen) atoms. The lowest BCUT2D eigenvalue weighted by Gasteiger charge is -2.16. The Morgan fingerprint density at radius 3 is 2.29 bits per heavy atom. The van der Waals surface area contributed by atoms with Gasteiger partial charge in [0.25, 0.3) is 0 Å². The first-order valence-electron chi connectivity index (χ1n) is 10.7. The van der Waals surface area contributed by atoms with Gasteiger partial charge in [-0.05, 0) is 56.2 Å². The Bertz CT molecular complexity index is 1120. The highest BCUT2D eigenvalue weighted by atomic mass is 16.5. The number of nitrogens with one attached hydrogen (secondary N) is 1. The molecular formula is C26H28N2O3. The van der Waals surface area contributed by atoms with Gasteiger partial charge >= 0.3 is 0 Å². The lowest BCUT2D eigenvalue weighted by Crippen LogP contribution is -2.08. The van der Waals surface area contributed by atoms with E-state index < -0.39 is 0 Å². The van der Waals surface area contributed by atoms with Crippen molar-refractivity contribution in [1.82, 2.24) is 9.97 Å². The number of hydrogen-bond donors (Lipinski definition) is 1. The van der Waals surface area contributed by atoms with Crippen LogP contribution in [-0.2, 0) is 11.3 Å². The monoisotopic (exact) mass is 416 g/mol. The molecule has 1 heterocycles. The quantitative estimate of drug-likeness (QED) is 0.365. The molecule has 0 aliphatic heterocycles. The maximum Gasteiger partial charge on any atom is 0.141 e. The van der Waals surface area contributed by atoms with E-state index in [1.165, 1.54) is 5.56 Å². The van der Waals surface area contributed by atoms with Gasteiger partial charge in [0.15, 0.2) is 0 Å². The van der Waals surface area contributed by atoms with Gasteiger partial charge in [0, 0.05) is 12.7 Å². The highest BCUT2D eigenvalue weighted by Crippen LogP contribution is 2.29. The smallest absolute Gasteiger partial charge is 0.141 e. The van der Waals surface area contributed by atoms with Crippen LogP contribution in [0, 0.1) is 6.92 Å². The zero-order valence-corrected chi connectivity index (χ0v) is 18.2. The molecule has 0 amide bonds. The number of aryl methyl sites for hydroxylation is 1. The van der Waals surface area contributed by atoms with E-state index >= 15 is 0 Å². The third-order valence-corrected chi connectivity index (χ3v) is 5.07. The lowest BCUT2D eigenvalue weighted by molar-refractivity contribution is 0.0859. The highest BCUT2D eigenvalue weighted by molar-refractivity contribution is 5.77. The van der Waals surface area contributed by atoms with Crippen LogP contribution in [0.5, 0.6) is 11.5 Å². The molecule has 4 aromatic rings. The van der Waals surface area contributed by atoms with Gasteiger partial charge in [-0.3, -0.25) is 0 Å². The fourth-order valence-electron chi connectivity index (χ4n) is 3.48. The first kappa shape index (κ1) is 20.9. The summed E-state index contributed by atoms with van der Waals surface area (Å²) in [4.78, 5) is 8.16. The van der Waals surface area contributed by atoms with Crippen molar-refractivity contribution in [3.05, 3.63) is 89.2 Å². The summed E-state index contributed by atoms with van der Waals surface area (Å²) < 4.78 is 17.6. The molecule has 1 aromatic heterocycles. The van der Waals surface area contributed by atoms with Gasteiger partial charge in [0.05, 0.1) is 17.6 Å². The summed E-state index contributed by atoms with van der Waals surface area (Å²) in [5.41, 5.74) is 5.24. The summed E-state index contributed by atoms with van der Waals surface area (Å²) >= 11 is 0. The van der Waals surface area contributed by atoms with Gasteiger partial charge in [0.2, 0.25) is 0 Å². The van der Waals surface area contributed by atoms with Crippen molar-refractivity contribution in [3.8, 4) is 11.5 Å². The molecule has 4 rings (SSSR count). The van der Waals surface area contributed by atoms with Crippen LogP contribution in [0.15, 0.2) is 66.7 Å². The van der Waals surface area contributed by atoms with Crippen molar-refractivity contribution in [3.63, 3.8) is 0 Å². The third-order valence-electron chi connectivity index (χ3n) is 5.07. The average molecular weight is 417 g/mol. The number of aromatic amines is 1. The fourth-order valence-corrected chi connectivity index (χ4v) is 3.48. The molecule has 5 heteroatoms. The molecule has 0 aliphatic rings. The first-order chi connectivity index (χ1) is 15.2. The molecular weight excluding hydrogens is 388 g/mol. The van der Waals surface area contributed by atoms with Crippen molar-refractivity contribution in [2.45, 2.75) is 33.5 Å². The van der Waals surface area contributed by atoms with E-state index in [-0.39, 0.29) is 6.10 Å². The normalized spacial score (nSPS) is 12.1. The molecule has 0 saturated heterocycles. The maximum atomic E-state index is 6.04. The lowest BCUT2D eigenvalue weighted by atomic mass is 10.1. The third kappa shape index (κ3) is 5.06. The van der Waals surface area contributed by atoms with Gasteiger partial charge in [0.1, 0.15) is 30.0 Å². The highest BCUT2D eigenvalue weighted by Gasteiger charge is 2.19. The topological polar surface area (TPSA) is 56.4 Å². The summed E-state index contributed by atoms with van der Waals surface area (Å²) in [6, 6.07) is 22.3. The van der Waals surface area contributed by atoms with Gasteiger partial charge in [-0.2, -0.15) is 0 Å². The molecule has 0 saturated carbocycles. The van der Waals surface area contributed by atoms with Crippen molar-refractivity contribution >= 4 is 11.0 Å². The van der Waals surface area contributed by atoms with Crippen LogP contribution in [0.2, 0.25) is 0 Å². The Kier molecular flexibility index (Phi) is 6.53. The van der Waals surface area contributed by atoms with E-state index in [4.69, 9.17) is 19.2 Å². The molecule has 0 fully saturated rings. The number of benzene rings is 3. The molecule has 1 atom stereocenters. The maximum absolute atomic E-state index is 6.04. The molecule has 1 unspecified atom stereocenters. The number of H-pyrrole nitrogens is 1. The van der Waals surface area contributed by atoms with Crippen LogP contribution in [-0.4, -0.2) is 23.2 Å². The second-order valence-electron chi connectivity index (χ2n) is 7.41. The van der Waals surface area contributed by atoms with Crippen LogP contribution in [0.4, 0.5) is 0 Å². The summed E-state index contributed by atoms with van der Waals surface area (Å²) in [6.07, 6.45) is -0.279. The molecule has 0 radical (unpaired) electrons. The van der Waals surface area contributed by atoms with Crippen molar-refractivity contribution < 1.29 is 14.2 Å². The van der Waals surface area contributed by atoms with Crippen molar-refractivity contribution in [2.24, 2.45) is 0 Å². The van der Waals surface area contributed by atoms with Gasteiger partial charge in [-0.25, -0.2) is 4.98 Å². The molecule has 1 N–H and O–H groups in total. The first-order valence-corrected chi connectivity index (χ1v) is 10.7. The van der Waals surface area contributed by atoms with Crippen LogP contribution < -0.4 is 9.47 Å². The standard InChI is InChI=1S/C26H28N2O3/c1-4-29-22-14-15-23-24(16-22)28-26(27-23)25(30-5-2)20-10-12-21(13-11-20)31-17-19-8-6-18(3)7-9-19/h6-16,25H,4-5,17H2,1-3H3,(H,27,28). The molecule has 5 nitrogen and oxygen atoms in total.